The molecule has 2 aromatic carbocycles. The van der Waals surface area contributed by atoms with Gasteiger partial charge in [0.1, 0.15) is 5.94 Å². The van der Waals surface area contributed by atoms with Crippen LogP contribution in [-0.2, 0) is 10.8 Å². The molecule has 3 heteroatoms. The zero-order chi connectivity index (χ0) is 9.97. The maximum Gasteiger partial charge on any atom is 0.123 e. The Labute approximate surface area is 84.6 Å². The largest absolute Gasteiger partial charge is 0.383 e. The van der Waals surface area contributed by atoms with E-state index in [0.29, 0.717) is 4.90 Å². The van der Waals surface area contributed by atoms with Crippen LogP contribution in [0.25, 0.3) is 10.8 Å². The highest BCUT2D eigenvalue weighted by molar-refractivity contribution is 7.85. The Hall–Kier alpha value is -1.19. The van der Waals surface area contributed by atoms with Gasteiger partial charge < -0.3 is 5.11 Å². The molecule has 2 aromatic rings. The molecular formula is C11H10O2S. The van der Waals surface area contributed by atoms with Gasteiger partial charge in [-0.15, -0.1) is 0 Å². The van der Waals surface area contributed by atoms with Gasteiger partial charge in [-0.25, -0.2) is 0 Å². The maximum atomic E-state index is 11.5. The number of fused-ring (bicyclic) bond motifs is 1. The molecule has 0 aliphatic heterocycles. The van der Waals surface area contributed by atoms with Gasteiger partial charge in [0, 0.05) is 4.90 Å². The van der Waals surface area contributed by atoms with Gasteiger partial charge in [-0.3, -0.25) is 4.21 Å². The van der Waals surface area contributed by atoms with E-state index >= 15 is 0 Å². The molecule has 0 bridgehead atoms. The Bertz CT molecular complexity index is 474. The van der Waals surface area contributed by atoms with Crippen LogP contribution in [0.5, 0.6) is 0 Å². The van der Waals surface area contributed by atoms with Crippen LogP contribution < -0.4 is 0 Å². The molecule has 1 atom stereocenters. The summed E-state index contributed by atoms with van der Waals surface area (Å²) < 4.78 is 11.5. The van der Waals surface area contributed by atoms with E-state index in [1.54, 1.807) is 6.07 Å². The van der Waals surface area contributed by atoms with E-state index in [4.69, 9.17) is 5.11 Å². The van der Waals surface area contributed by atoms with Crippen LogP contribution in [0, 0.1) is 0 Å². The average Bonchev–Trinajstić information content (AvgIpc) is 2.27. The molecule has 1 unspecified atom stereocenters. The van der Waals surface area contributed by atoms with Crippen molar-refractivity contribution in [3.8, 4) is 0 Å². The molecule has 0 heterocycles. The summed E-state index contributed by atoms with van der Waals surface area (Å²) in [7, 11) is -1.31. The summed E-state index contributed by atoms with van der Waals surface area (Å²) in [4.78, 5) is 0.700. The summed E-state index contributed by atoms with van der Waals surface area (Å²) in [5.41, 5.74) is 0. The van der Waals surface area contributed by atoms with Gasteiger partial charge in [0.05, 0.1) is 10.8 Å². The molecule has 2 nitrogen and oxygen atoms in total. The minimum absolute atomic E-state index is 0.325. The lowest BCUT2D eigenvalue weighted by Gasteiger charge is -2.03. The van der Waals surface area contributed by atoms with Crippen molar-refractivity contribution in [3.05, 3.63) is 42.5 Å². The number of aliphatic hydroxyl groups is 1. The minimum atomic E-state index is -1.31. The summed E-state index contributed by atoms with van der Waals surface area (Å²) in [6, 6.07) is 13.3. The molecule has 0 amide bonds. The number of rotatable bonds is 2. The van der Waals surface area contributed by atoms with Crippen molar-refractivity contribution in [1.82, 2.24) is 0 Å². The third-order valence-corrected chi connectivity index (χ3v) is 3.19. The monoisotopic (exact) mass is 206 g/mol. The van der Waals surface area contributed by atoms with Crippen LogP contribution in [0.2, 0.25) is 0 Å². The zero-order valence-electron chi connectivity index (χ0n) is 7.51. The molecule has 0 saturated carbocycles. The fourth-order valence-corrected chi connectivity index (χ4v) is 2.26. The van der Waals surface area contributed by atoms with Gasteiger partial charge in [0.15, 0.2) is 0 Å². The lowest BCUT2D eigenvalue weighted by molar-refractivity contribution is 0.368. The molecule has 0 radical (unpaired) electrons. The van der Waals surface area contributed by atoms with Gasteiger partial charge in [0.2, 0.25) is 0 Å². The number of hydrogen-bond acceptors (Lipinski definition) is 2. The quantitative estimate of drug-likeness (QED) is 0.814. The first-order valence-corrected chi connectivity index (χ1v) is 5.62. The molecule has 0 spiro atoms. The lowest BCUT2D eigenvalue weighted by Crippen LogP contribution is -1.96. The lowest BCUT2D eigenvalue weighted by atomic mass is 10.1. The first-order chi connectivity index (χ1) is 6.83. The van der Waals surface area contributed by atoms with E-state index in [1.165, 1.54) is 0 Å². The van der Waals surface area contributed by atoms with E-state index in [1.807, 2.05) is 36.4 Å². The predicted molar refractivity (Wildman–Crippen MR) is 57.4 cm³/mol. The highest BCUT2D eigenvalue weighted by Gasteiger charge is 2.05. The van der Waals surface area contributed by atoms with Crippen molar-refractivity contribution in [2.24, 2.45) is 0 Å². The third-order valence-electron chi connectivity index (χ3n) is 2.11. The van der Waals surface area contributed by atoms with E-state index in [9.17, 15) is 4.21 Å². The summed E-state index contributed by atoms with van der Waals surface area (Å²) in [6.45, 7) is 0. The van der Waals surface area contributed by atoms with Crippen molar-refractivity contribution in [3.63, 3.8) is 0 Å². The summed E-state index contributed by atoms with van der Waals surface area (Å²) in [5.74, 6) is -0.325. The Morgan fingerprint density at radius 3 is 2.57 bits per heavy atom. The van der Waals surface area contributed by atoms with Gasteiger partial charge in [-0.05, 0) is 16.8 Å². The van der Waals surface area contributed by atoms with Gasteiger partial charge in [-0.1, -0.05) is 36.4 Å². The molecule has 1 N–H and O–H groups in total. The van der Waals surface area contributed by atoms with Crippen molar-refractivity contribution in [1.29, 1.82) is 0 Å². The van der Waals surface area contributed by atoms with Gasteiger partial charge >= 0.3 is 0 Å². The fraction of sp³-hybridized carbons (Fsp3) is 0.0909. The molecule has 0 aliphatic carbocycles. The molecular weight excluding hydrogens is 196 g/mol. The molecule has 0 fully saturated rings. The SMILES string of the molecule is O=S(CO)c1cccc2ccccc12. The predicted octanol–water partition coefficient (Wildman–Crippen LogP) is 1.90. The smallest absolute Gasteiger partial charge is 0.123 e. The summed E-state index contributed by atoms with van der Waals surface area (Å²) in [5, 5.41) is 10.8. The third kappa shape index (κ3) is 1.56. The topological polar surface area (TPSA) is 37.3 Å². The maximum absolute atomic E-state index is 11.5. The van der Waals surface area contributed by atoms with Crippen molar-refractivity contribution in [2.45, 2.75) is 4.90 Å². The highest BCUT2D eigenvalue weighted by Crippen LogP contribution is 2.21. The molecule has 14 heavy (non-hydrogen) atoms. The normalized spacial score (nSPS) is 12.9. The average molecular weight is 206 g/mol. The van der Waals surface area contributed by atoms with Crippen LogP contribution >= 0.6 is 0 Å². The van der Waals surface area contributed by atoms with Crippen LogP contribution in [-0.4, -0.2) is 15.3 Å². The van der Waals surface area contributed by atoms with E-state index in [-0.39, 0.29) is 5.94 Å². The second kappa shape index (κ2) is 3.90. The first-order valence-electron chi connectivity index (χ1n) is 4.30. The van der Waals surface area contributed by atoms with Crippen molar-refractivity contribution in [2.75, 3.05) is 5.94 Å². The van der Waals surface area contributed by atoms with Gasteiger partial charge in [0.25, 0.3) is 0 Å². The second-order valence-corrected chi connectivity index (χ2v) is 4.34. The molecule has 0 aromatic heterocycles. The van der Waals surface area contributed by atoms with E-state index in [2.05, 4.69) is 0 Å². The Morgan fingerprint density at radius 1 is 1.07 bits per heavy atom. The van der Waals surface area contributed by atoms with E-state index < -0.39 is 10.8 Å². The molecule has 72 valence electrons. The Kier molecular flexibility index (Phi) is 2.61. The fourth-order valence-electron chi connectivity index (χ4n) is 1.46. The van der Waals surface area contributed by atoms with Crippen molar-refractivity contribution < 1.29 is 9.32 Å². The number of aliphatic hydroxyl groups excluding tert-OH is 1. The summed E-state index contributed by atoms with van der Waals surface area (Å²) >= 11 is 0. The van der Waals surface area contributed by atoms with Crippen LogP contribution in [0.3, 0.4) is 0 Å². The minimum Gasteiger partial charge on any atom is -0.383 e. The number of hydrogen-bond donors (Lipinski definition) is 1. The molecule has 2 rings (SSSR count). The highest BCUT2D eigenvalue weighted by atomic mass is 32.2. The Morgan fingerprint density at radius 2 is 1.79 bits per heavy atom. The Balaban J connectivity index is 2.71. The van der Waals surface area contributed by atoms with E-state index in [0.717, 1.165) is 10.8 Å². The standard InChI is InChI=1S/C11H10O2S/c12-8-14(13)11-7-3-5-9-4-1-2-6-10(9)11/h1-7,12H,8H2. The zero-order valence-corrected chi connectivity index (χ0v) is 8.33. The van der Waals surface area contributed by atoms with Gasteiger partial charge in [-0.2, -0.15) is 0 Å². The first kappa shape index (κ1) is 9.37. The van der Waals surface area contributed by atoms with Crippen LogP contribution in [0.4, 0.5) is 0 Å². The van der Waals surface area contributed by atoms with Crippen LogP contribution in [0.1, 0.15) is 0 Å². The van der Waals surface area contributed by atoms with Crippen LogP contribution in [0.15, 0.2) is 47.4 Å². The second-order valence-electron chi connectivity index (χ2n) is 2.95. The number of benzene rings is 2. The molecule has 0 saturated heterocycles. The molecule has 0 aliphatic rings. The van der Waals surface area contributed by atoms with Crippen molar-refractivity contribution >= 4 is 21.6 Å². The summed E-state index contributed by atoms with van der Waals surface area (Å²) in [6.07, 6.45) is 0.